The Balaban J connectivity index is 3.62. The lowest BCUT2D eigenvalue weighted by Gasteiger charge is -2.24. The molecule has 0 amide bonds. The summed E-state index contributed by atoms with van der Waals surface area (Å²) < 4.78 is 0. The van der Waals surface area contributed by atoms with Gasteiger partial charge in [-0.25, -0.2) is 0 Å². The molecule has 0 aromatic rings. The Morgan fingerprint density at radius 2 is 1.85 bits per heavy atom. The molecule has 2 nitrogen and oxygen atoms in total. The zero-order valence-corrected chi connectivity index (χ0v) is 9.71. The first kappa shape index (κ1) is 12.9. The van der Waals surface area contributed by atoms with Gasteiger partial charge in [-0.1, -0.05) is 27.7 Å². The minimum absolute atomic E-state index is 0.632. The van der Waals surface area contributed by atoms with Crippen molar-refractivity contribution in [1.29, 1.82) is 0 Å². The fourth-order valence-corrected chi connectivity index (χ4v) is 1.33. The first-order valence-corrected chi connectivity index (χ1v) is 5.52. The lowest BCUT2D eigenvalue weighted by Crippen LogP contribution is -2.32. The molecule has 0 aromatic carbocycles. The second kappa shape index (κ2) is 7.34. The highest BCUT2D eigenvalue weighted by Crippen LogP contribution is 2.04. The summed E-state index contributed by atoms with van der Waals surface area (Å²) >= 11 is 0. The molecule has 80 valence electrons. The molecule has 0 aliphatic carbocycles. The van der Waals surface area contributed by atoms with E-state index in [1.165, 1.54) is 13.0 Å². The molecule has 2 heteroatoms. The average Bonchev–Trinajstić information content (AvgIpc) is 2.11. The second-order valence-electron chi connectivity index (χ2n) is 4.42. The van der Waals surface area contributed by atoms with Crippen LogP contribution in [0.2, 0.25) is 0 Å². The first-order valence-electron chi connectivity index (χ1n) is 5.52. The van der Waals surface area contributed by atoms with Crippen molar-refractivity contribution < 1.29 is 0 Å². The van der Waals surface area contributed by atoms with Crippen LogP contribution in [0.1, 0.15) is 34.1 Å². The summed E-state index contributed by atoms with van der Waals surface area (Å²) in [4.78, 5) is 2.50. The molecule has 0 rings (SSSR count). The summed E-state index contributed by atoms with van der Waals surface area (Å²) in [6, 6.07) is 0. The van der Waals surface area contributed by atoms with Crippen LogP contribution in [-0.4, -0.2) is 31.1 Å². The summed E-state index contributed by atoms with van der Waals surface area (Å²) in [5.74, 6) is 1.44. The third-order valence-electron chi connectivity index (χ3n) is 2.44. The van der Waals surface area contributed by atoms with E-state index in [4.69, 9.17) is 5.73 Å². The molecular formula is C11H26N2. The quantitative estimate of drug-likeness (QED) is 0.658. The average molecular weight is 186 g/mol. The van der Waals surface area contributed by atoms with Gasteiger partial charge in [-0.05, 0) is 37.9 Å². The SMILES string of the molecule is CCN(CCC(C)C)CC(C)CN. The van der Waals surface area contributed by atoms with Gasteiger partial charge in [0.05, 0.1) is 0 Å². The Kier molecular flexibility index (Phi) is 7.29. The number of hydrogen-bond acceptors (Lipinski definition) is 2. The normalized spacial score (nSPS) is 14.1. The van der Waals surface area contributed by atoms with Gasteiger partial charge in [0.2, 0.25) is 0 Å². The van der Waals surface area contributed by atoms with Gasteiger partial charge in [0.1, 0.15) is 0 Å². The van der Waals surface area contributed by atoms with Gasteiger partial charge in [0.15, 0.2) is 0 Å². The molecule has 1 unspecified atom stereocenters. The zero-order chi connectivity index (χ0) is 10.3. The van der Waals surface area contributed by atoms with Crippen molar-refractivity contribution in [1.82, 2.24) is 4.90 Å². The van der Waals surface area contributed by atoms with Crippen molar-refractivity contribution >= 4 is 0 Å². The minimum Gasteiger partial charge on any atom is -0.330 e. The van der Waals surface area contributed by atoms with Crippen LogP contribution >= 0.6 is 0 Å². The number of hydrogen-bond donors (Lipinski definition) is 1. The van der Waals surface area contributed by atoms with E-state index in [2.05, 4.69) is 32.6 Å². The summed E-state index contributed by atoms with van der Waals surface area (Å²) in [5, 5.41) is 0. The lowest BCUT2D eigenvalue weighted by atomic mass is 10.1. The smallest absolute Gasteiger partial charge is 0.00189 e. The van der Waals surface area contributed by atoms with E-state index < -0.39 is 0 Å². The maximum absolute atomic E-state index is 5.60. The minimum atomic E-state index is 0.632. The molecule has 1 atom stereocenters. The van der Waals surface area contributed by atoms with E-state index in [1.54, 1.807) is 0 Å². The Morgan fingerprint density at radius 3 is 2.23 bits per heavy atom. The Hall–Kier alpha value is -0.0800. The summed E-state index contributed by atoms with van der Waals surface area (Å²) in [5.41, 5.74) is 5.60. The molecule has 13 heavy (non-hydrogen) atoms. The maximum Gasteiger partial charge on any atom is 0.00189 e. The maximum atomic E-state index is 5.60. The molecule has 2 N–H and O–H groups in total. The predicted octanol–water partition coefficient (Wildman–Crippen LogP) is 1.95. The predicted molar refractivity (Wildman–Crippen MR) is 59.8 cm³/mol. The van der Waals surface area contributed by atoms with E-state index in [0.29, 0.717) is 5.92 Å². The Labute approximate surface area is 83.5 Å². The molecule has 0 heterocycles. The third kappa shape index (κ3) is 7.03. The van der Waals surface area contributed by atoms with E-state index in [9.17, 15) is 0 Å². The molecule has 0 saturated carbocycles. The molecule has 0 aromatic heterocycles. The van der Waals surface area contributed by atoms with Gasteiger partial charge in [-0.3, -0.25) is 0 Å². The van der Waals surface area contributed by atoms with Crippen LogP contribution < -0.4 is 5.73 Å². The molecule has 0 saturated heterocycles. The van der Waals surface area contributed by atoms with E-state index >= 15 is 0 Å². The molecular weight excluding hydrogens is 160 g/mol. The van der Waals surface area contributed by atoms with E-state index in [0.717, 1.165) is 25.6 Å². The largest absolute Gasteiger partial charge is 0.330 e. The molecule has 0 bridgehead atoms. The molecule has 0 aliphatic rings. The van der Waals surface area contributed by atoms with E-state index in [1.807, 2.05) is 0 Å². The Bertz CT molecular complexity index is 113. The highest BCUT2D eigenvalue weighted by atomic mass is 15.1. The van der Waals surface area contributed by atoms with Gasteiger partial charge in [0.25, 0.3) is 0 Å². The monoisotopic (exact) mass is 186 g/mol. The zero-order valence-electron chi connectivity index (χ0n) is 9.71. The van der Waals surface area contributed by atoms with Crippen LogP contribution in [0.3, 0.4) is 0 Å². The van der Waals surface area contributed by atoms with Crippen LogP contribution in [0.4, 0.5) is 0 Å². The second-order valence-corrected chi connectivity index (χ2v) is 4.42. The van der Waals surface area contributed by atoms with Gasteiger partial charge < -0.3 is 10.6 Å². The molecule has 0 fully saturated rings. The van der Waals surface area contributed by atoms with Crippen LogP contribution in [-0.2, 0) is 0 Å². The standard InChI is InChI=1S/C11H26N2/c1-5-13(7-6-10(2)3)9-11(4)8-12/h10-11H,5-9,12H2,1-4H3. The highest BCUT2D eigenvalue weighted by molar-refractivity contribution is 4.62. The van der Waals surface area contributed by atoms with Crippen LogP contribution in [0.15, 0.2) is 0 Å². The van der Waals surface area contributed by atoms with Gasteiger partial charge in [-0.2, -0.15) is 0 Å². The lowest BCUT2D eigenvalue weighted by molar-refractivity contribution is 0.238. The summed E-state index contributed by atoms with van der Waals surface area (Å²) in [7, 11) is 0. The summed E-state index contributed by atoms with van der Waals surface area (Å²) in [6.07, 6.45) is 1.30. The third-order valence-corrected chi connectivity index (χ3v) is 2.44. The molecule has 0 aliphatic heterocycles. The van der Waals surface area contributed by atoms with Crippen molar-refractivity contribution in [2.45, 2.75) is 34.1 Å². The van der Waals surface area contributed by atoms with Crippen molar-refractivity contribution in [3.63, 3.8) is 0 Å². The topological polar surface area (TPSA) is 29.3 Å². The molecule has 0 spiro atoms. The van der Waals surface area contributed by atoms with Gasteiger partial charge in [-0.15, -0.1) is 0 Å². The van der Waals surface area contributed by atoms with Crippen molar-refractivity contribution in [3.8, 4) is 0 Å². The van der Waals surface area contributed by atoms with E-state index in [-0.39, 0.29) is 0 Å². The number of nitrogens with zero attached hydrogens (tertiary/aromatic N) is 1. The van der Waals surface area contributed by atoms with Crippen LogP contribution in [0.5, 0.6) is 0 Å². The fraction of sp³-hybridized carbons (Fsp3) is 1.00. The van der Waals surface area contributed by atoms with Crippen LogP contribution in [0.25, 0.3) is 0 Å². The van der Waals surface area contributed by atoms with Gasteiger partial charge >= 0.3 is 0 Å². The fourth-order valence-electron chi connectivity index (χ4n) is 1.33. The number of rotatable bonds is 7. The van der Waals surface area contributed by atoms with Crippen molar-refractivity contribution in [2.24, 2.45) is 17.6 Å². The van der Waals surface area contributed by atoms with Crippen LogP contribution in [0, 0.1) is 11.8 Å². The van der Waals surface area contributed by atoms with Crippen molar-refractivity contribution in [2.75, 3.05) is 26.2 Å². The first-order chi connectivity index (χ1) is 6.10. The van der Waals surface area contributed by atoms with Gasteiger partial charge in [0, 0.05) is 6.54 Å². The molecule has 0 radical (unpaired) electrons. The Morgan fingerprint density at radius 1 is 1.23 bits per heavy atom. The highest BCUT2D eigenvalue weighted by Gasteiger charge is 2.07. The number of nitrogens with two attached hydrogens (primary N) is 1. The summed E-state index contributed by atoms with van der Waals surface area (Å²) in [6.45, 7) is 13.3. The van der Waals surface area contributed by atoms with Crippen molar-refractivity contribution in [3.05, 3.63) is 0 Å².